The van der Waals surface area contributed by atoms with Gasteiger partial charge in [-0.2, -0.15) is 0 Å². The van der Waals surface area contributed by atoms with Gasteiger partial charge in [-0.1, -0.05) is 176 Å². The lowest BCUT2D eigenvalue weighted by Crippen LogP contribution is -2.66. The van der Waals surface area contributed by atoms with Gasteiger partial charge in [0.05, 0.1) is 59.5 Å². The predicted octanol–water partition coefficient (Wildman–Crippen LogP) is 9.14. The van der Waals surface area contributed by atoms with Crippen molar-refractivity contribution < 1.29 is 52.1 Å². The van der Waals surface area contributed by atoms with Gasteiger partial charge in [0.1, 0.15) is 48.8 Å². The highest BCUT2D eigenvalue weighted by molar-refractivity contribution is 5.26. The van der Waals surface area contributed by atoms with Gasteiger partial charge in [0.15, 0.2) is 12.6 Å². The van der Waals surface area contributed by atoms with E-state index in [0.29, 0.717) is 19.8 Å². The first-order valence-corrected chi connectivity index (χ1v) is 23.2. The fourth-order valence-corrected chi connectivity index (χ4v) is 8.82. The van der Waals surface area contributed by atoms with Gasteiger partial charge in [0.25, 0.3) is 0 Å². The summed E-state index contributed by atoms with van der Waals surface area (Å²) >= 11 is 0. The molecule has 0 saturated carbocycles. The molecular formula is C56H60O11. The van der Waals surface area contributed by atoms with E-state index in [1.807, 2.05) is 164 Å². The van der Waals surface area contributed by atoms with Crippen molar-refractivity contribution in [2.45, 2.75) is 108 Å². The molecule has 10 atom stereocenters. The highest BCUT2D eigenvalue weighted by atomic mass is 16.8. The Morgan fingerprint density at radius 2 is 0.881 bits per heavy atom. The second-order valence-corrected chi connectivity index (χ2v) is 17.0. The molecule has 2 saturated heterocycles. The van der Waals surface area contributed by atoms with Crippen LogP contribution in [0.15, 0.2) is 176 Å². The molecule has 0 unspecified atom stereocenters. The van der Waals surface area contributed by atoms with Crippen LogP contribution in [0, 0.1) is 0 Å². The average Bonchev–Trinajstić information content (AvgIpc) is 3.38. The summed E-state index contributed by atoms with van der Waals surface area (Å²) in [5, 5.41) is 0. The van der Waals surface area contributed by atoms with Crippen molar-refractivity contribution in [1.29, 1.82) is 0 Å². The molecule has 6 aromatic carbocycles. The van der Waals surface area contributed by atoms with Crippen LogP contribution in [-0.4, -0.2) is 81.7 Å². The van der Waals surface area contributed by atoms with Crippen LogP contribution in [0.3, 0.4) is 0 Å². The van der Waals surface area contributed by atoms with Gasteiger partial charge in [-0.25, -0.2) is 0 Å². The Hall–Kier alpha value is -5.12. The first-order chi connectivity index (χ1) is 33.2. The zero-order chi connectivity index (χ0) is 45.5. The van der Waals surface area contributed by atoms with E-state index in [1.165, 1.54) is 0 Å². The summed E-state index contributed by atoms with van der Waals surface area (Å²) in [5.41, 5.74) is 7.06. The molecule has 6 aromatic rings. The van der Waals surface area contributed by atoms with Crippen molar-refractivity contribution in [2.75, 3.05) is 20.3 Å². The number of hydrogen-bond acceptors (Lipinski definition) is 11. The van der Waals surface area contributed by atoms with Crippen molar-refractivity contribution in [1.82, 2.24) is 0 Å². The molecule has 350 valence electrons. The maximum Gasteiger partial charge on any atom is 0.187 e. The van der Waals surface area contributed by atoms with Gasteiger partial charge >= 0.3 is 0 Å². The molecule has 9 rings (SSSR count). The van der Waals surface area contributed by atoms with Crippen molar-refractivity contribution in [2.24, 2.45) is 0 Å². The van der Waals surface area contributed by atoms with Gasteiger partial charge < -0.3 is 52.1 Å². The molecule has 0 aromatic heterocycles. The molecule has 2 fully saturated rings. The molecule has 3 heterocycles. The topological polar surface area (TPSA) is 102 Å². The summed E-state index contributed by atoms with van der Waals surface area (Å²) in [6, 6.07) is 58.4. The van der Waals surface area contributed by atoms with Gasteiger partial charge in [-0.15, -0.1) is 0 Å². The highest BCUT2D eigenvalue weighted by Crippen LogP contribution is 2.37. The number of methoxy groups -OCH3 is 1. The molecule has 11 nitrogen and oxygen atoms in total. The van der Waals surface area contributed by atoms with E-state index in [-0.39, 0.29) is 39.6 Å². The molecule has 0 amide bonds. The molecule has 2 bridgehead atoms. The Morgan fingerprint density at radius 3 is 1.40 bits per heavy atom. The molecular weight excluding hydrogens is 849 g/mol. The highest BCUT2D eigenvalue weighted by Gasteiger charge is 2.54. The minimum atomic E-state index is -1.03. The monoisotopic (exact) mass is 908 g/mol. The van der Waals surface area contributed by atoms with Crippen LogP contribution in [0.4, 0.5) is 0 Å². The summed E-state index contributed by atoms with van der Waals surface area (Å²) in [4.78, 5) is 0. The zero-order valence-corrected chi connectivity index (χ0v) is 37.9. The Morgan fingerprint density at radius 1 is 0.433 bits per heavy atom. The molecule has 11 heteroatoms. The molecule has 0 N–H and O–H groups in total. The van der Waals surface area contributed by atoms with E-state index in [0.717, 1.165) is 38.9 Å². The van der Waals surface area contributed by atoms with E-state index in [1.54, 1.807) is 7.11 Å². The Bertz CT molecular complexity index is 2320. The Kier molecular flexibility index (Phi) is 17.0. The van der Waals surface area contributed by atoms with E-state index >= 15 is 0 Å². The van der Waals surface area contributed by atoms with E-state index in [2.05, 4.69) is 12.1 Å². The SMILES string of the molecule is CO[C@H]1O[C@H](COCc2ccccc2)[C@@H](O[C@@H]2O[C@@H]3COCc4ccccc4CO[C@H]([C@H]2OCc2ccccc2)[C@@H]3OCc2ccccc2)[C@H](OCc2ccccc2)[C@H]1OCc1ccccc1. The number of fused-ring (bicyclic) bond motifs is 3. The number of ether oxygens (including phenoxy) is 11. The first kappa shape index (κ1) is 47.0. The van der Waals surface area contributed by atoms with Gasteiger partial charge in [0.2, 0.25) is 0 Å². The van der Waals surface area contributed by atoms with Crippen LogP contribution in [0.2, 0.25) is 0 Å². The van der Waals surface area contributed by atoms with Crippen molar-refractivity contribution in [3.05, 3.63) is 215 Å². The second kappa shape index (κ2) is 24.2. The molecule has 0 aliphatic carbocycles. The zero-order valence-electron chi connectivity index (χ0n) is 37.9. The Balaban J connectivity index is 1.09. The van der Waals surface area contributed by atoms with Crippen molar-refractivity contribution in [3.63, 3.8) is 0 Å². The van der Waals surface area contributed by atoms with Gasteiger partial charge in [-0.3, -0.25) is 0 Å². The van der Waals surface area contributed by atoms with E-state index < -0.39 is 61.4 Å². The predicted molar refractivity (Wildman–Crippen MR) is 250 cm³/mol. The van der Waals surface area contributed by atoms with Crippen LogP contribution in [0.25, 0.3) is 0 Å². The molecule has 3 aliphatic rings. The molecule has 3 aliphatic heterocycles. The van der Waals surface area contributed by atoms with Crippen LogP contribution < -0.4 is 0 Å². The van der Waals surface area contributed by atoms with Crippen LogP contribution in [0.5, 0.6) is 0 Å². The fourth-order valence-electron chi connectivity index (χ4n) is 8.82. The summed E-state index contributed by atoms with van der Waals surface area (Å²) < 4.78 is 75.1. The van der Waals surface area contributed by atoms with E-state index in [4.69, 9.17) is 52.1 Å². The second-order valence-electron chi connectivity index (χ2n) is 17.0. The maximum absolute atomic E-state index is 7.41. The van der Waals surface area contributed by atoms with Crippen LogP contribution >= 0.6 is 0 Å². The normalized spacial score (nSPS) is 26.3. The lowest BCUT2D eigenvalue weighted by Gasteiger charge is -2.50. The average molecular weight is 909 g/mol. The lowest BCUT2D eigenvalue weighted by molar-refractivity contribution is -0.376. The van der Waals surface area contributed by atoms with E-state index in [9.17, 15) is 0 Å². The number of hydrogen-bond donors (Lipinski definition) is 0. The third-order valence-corrected chi connectivity index (χ3v) is 12.3. The molecule has 0 spiro atoms. The lowest BCUT2D eigenvalue weighted by atomic mass is 9.95. The van der Waals surface area contributed by atoms with Gasteiger partial charge in [0, 0.05) is 7.11 Å². The van der Waals surface area contributed by atoms with Crippen LogP contribution in [0.1, 0.15) is 38.9 Å². The summed E-state index contributed by atoms with van der Waals surface area (Å²) in [6.07, 6.45) is -7.63. The standard InChI is InChI=1S/C56H60O11/c1-57-55-53(62-34-43-25-13-5-14-26-43)52(61-33-42-23-11-4-12-24-42)50(48(65-55)39-58-31-40-19-7-2-8-20-40)67-56-54(63-35-44-27-15-6-16-28-44)51-49(60-32-41-21-9-3-10-22-41)47(66-56)38-59-36-45-29-17-18-30-46(45)37-64-51/h2-30,47-56H,31-39H2,1H3/t47-,48-,49-,50-,51+,52+,53-,54-,55+,56+/m1/s1. The minimum absolute atomic E-state index is 0.143. The maximum atomic E-state index is 7.41. The largest absolute Gasteiger partial charge is 0.374 e. The number of benzene rings is 6. The van der Waals surface area contributed by atoms with Crippen molar-refractivity contribution in [3.8, 4) is 0 Å². The van der Waals surface area contributed by atoms with Crippen LogP contribution in [-0.2, 0) is 98.4 Å². The minimum Gasteiger partial charge on any atom is -0.374 e. The third kappa shape index (κ3) is 12.7. The molecule has 0 radical (unpaired) electrons. The summed E-state index contributed by atoms with van der Waals surface area (Å²) in [7, 11) is 1.61. The first-order valence-electron chi connectivity index (χ1n) is 23.2. The third-order valence-electron chi connectivity index (χ3n) is 12.3. The van der Waals surface area contributed by atoms with Gasteiger partial charge in [-0.05, 0) is 38.9 Å². The fraction of sp³-hybridized carbons (Fsp3) is 0.357. The quantitative estimate of drug-likeness (QED) is 0.0778. The van der Waals surface area contributed by atoms with Crippen molar-refractivity contribution >= 4 is 0 Å². The molecule has 67 heavy (non-hydrogen) atoms. The number of rotatable bonds is 19. The summed E-state index contributed by atoms with van der Waals surface area (Å²) in [5.74, 6) is 0. The Labute approximate surface area is 393 Å². The summed E-state index contributed by atoms with van der Waals surface area (Å²) in [6.45, 7) is 2.49. The smallest absolute Gasteiger partial charge is 0.187 e.